The summed E-state index contributed by atoms with van der Waals surface area (Å²) in [6.45, 7) is 0. The fourth-order valence-corrected chi connectivity index (χ4v) is 1.84. The average molecular weight is 278 g/mol. The summed E-state index contributed by atoms with van der Waals surface area (Å²) >= 11 is 4.61. The Bertz CT molecular complexity index is 494. The largest absolute Gasteiger partial charge is 0.411 e. The molecule has 7 heteroatoms. The summed E-state index contributed by atoms with van der Waals surface area (Å²) < 4.78 is 51.6. The smallest absolute Gasteiger partial charge is 0.389 e. The van der Waals surface area contributed by atoms with Crippen molar-refractivity contribution in [1.82, 2.24) is 0 Å². The van der Waals surface area contributed by atoms with Crippen LogP contribution in [0, 0.1) is 5.82 Å². The molecule has 0 aliphatic heterocycles. The van der Waals surface area contributed by atoms with Gasteiger partial charge in [0.05, 0.1) is 0 Å². The van der Waals surface area contributed by atoms with E-state index in [0.717, 1.165) is 6.07 Å². The topological polar surface area (TPSA) is 38.0 Å². The molecule has 1 fully saturated rings. The lowest BCUT2D eigenvalue weighted by Gasteiger charge is -2.22. The molecular weight excluding hydrogens is 268 g/mol. The van der Waals surface area contributed by atoms with Crippen molar-refractivity contribution in [3.05, 3.63) is 29.6 Å². The van der Waals surface area contributed by atoms with Crippen LogP contribution in [0.3, 0.4) is 0 Å². The highest BCUT2D eigenvalue weighted by Crippen LogP contribution is 2.51. The summed E-state index contributed by atoms with van der Waals surface area (Å²) in [6, 6.07) is 3.58. The standard InChI is InChI=1S/C11H10F4N2S/c12-8-5-6(1-2-7(8)9(16)18)17-10(3-4-10)11(13,14)15/h1-2,5,17H,3-4H2,(H2,16,18). The van der Waals surface area contributed by atoms with Gasteiger partial charge in [0.15, 0.2) is 0 Å². The fourth-order valence-electron chi connectivity index (χ4n) is 1.67. The summed E-state index contributed by atoms with van der Waals surface area (Å²) in [5.74, 6) is -0.731. The SMILES string of the molecule is NC(=S)c1ccc(NC2(C(F)(F)F)CC2)cc1F. The lowest BCUT2D eigenvalue weighted by molar-refractivity contribution is -0.151. The van der Waals surface area contributed by atoms with E-state index in [1.165, 1.54) is 12.1 Å². The molecule has 1 aliphatic carbocycles. The molecule has 0 unspecified atom stereocenters. The Kier molecular flexibility index (Phi) is 2.96. The minimum absolute atomic E-state index is 0.00479. The second-order valence-corrected chi connectivity index (χ2v) is 4.70. The van der Waals surface area contributed by atoms with Crippen LogP contribution in [0.25, 0.3) is 0 Å². The molecule has 0 amide bonds. The van der Waals surface area contributed by atoms with Crippen molar-refractivity contribution in [3.8, 4) is 0 Å². The number of halogens is 4. The van der Waals surface area contributed by atoms with Gasteiger partial charge < -0.3 is 11.1 Å². The highest BCUT2D eigenvalue weighted by molar-refractivity contribution is 7.80. The van der Waals surface area contributed by atoms with Gasteiger partial charge in [-0.15, -0.1) is 0 Å². The molecule has 3 N–H and O–H groups in total. The van der Waals surface area contributed by atoms with Gasteiger partial charge in [-0.1, -0.05) is 12.2 Å². The predicted molar refractivity (Wildman–Crippen MR) is 63.9 cm³/mol. The van der Waals surface area contributed by atoms with E-state index in [9.17, 15) is 17.6 Å². The molecule has 0 saturated heterocycles. The molecular formula is C11H10F4N2S. The Morgan fingerprint density at radius 2 is 1.94 bits per heavy atom. The van der Waals surface area contributed by atoms with Gasteiger partial charge in [0.2, 0.25) is 0 Å². The highest BCUT2D eigenvalue weighted by atomic mass is 32.1. The Balaban J connectivity index is 2.22. The van der Waals surface area contributed by atoms with Gasteiger partial charge in [-0.3, -0.25) is 0 Å². The van der Waals surface area contributed by atoms with Crippen molar-refractivity contribution in [2.45, 2.75) is 24.6 Å². The quantitative estimate of drug-likeness (QED) is 0.659. The third kappa shape index (κ3) is 2.27. The van der Waals surface area contributed by atoms with Crippen LogP contribution in [0.5, 0.6) is 0 Å². The number of benzene rings is 1. The van der Waals surface area contributed by atoms with Crippen LogP contribution in [0.1, 0.15) is 18.4 Å². The number of nitrogens with one attached hydrogen (secondary N) is 1. The first-order valence-electron chi connectivity index (χ1n) is 5.19. The highest BCUT2D eigenvalue weighted by Gasteiger charge is 2.63. The van der Waals surface area contributed by atoms with E-state index < -0.39 is 17.5 Å². The van der Waals surface area contributed by atoms with Gasteiger partial charge in [-0.2, -0.15) is 13.2 Å². The minimum Gasteiger partial charge on any atom is -0.389 e. The van der Waals surface area contributed by atoms with E-state index in [2.05, 4.69) is 17.5 Å². The van der Waals surface area contributed by atoms with Crippen LogP contribution in [0.2, 0.25) is 0 Å². The summed E-state index contributed by atoms with van der Waals surface area (Å²) in [6.07, 6.45) is -4.35. The molecule has 0 aromatic heterocycles. The number of nitrogens with two attached hydrogens (primary N) is 1. The van der Waals surface area contributed by atoms with Crippen LogP contribution in [0.15, 0.2) is 18.2 Å². The van der Waals surface area contributed by atoms with Crippen LogP contribution < -0.4 is 11.1 Å². The summed E-state index contributed by atoms with van der Waals surface area (Å²) in [7, 11) is 0. The second kappa shape index (κ2) is 4.08. The number of alkyl halides is 3. The third-order valence-electron chi connectivity index (χ3n) is 2.91. The first kappa shape index (κ1) is 13.1. The monoisotopic (exact) mass is 278 g/mol. The van der Waals surface area contributed by atoms with Gasteiger partial charge in [0, 0.05) is 11.3 Å². The summed E-state index contributed by atoms with van der Waals surface area (Å²) in [5.41, 5.74) is 3.44. The zero-order chi connectivity index (χ0) is 13.6. The van der Waals surface area contributed by atoms with Gasteiger partial charge in [0.1, 0.15) is 16.3 Å². The number of thiocarbonyl (C=S) groups is 1. The third-order valence-corrected chi connectivity index (χ3v) is 3.13. The Hall–Kier alpha value is -1.37. The minimum atomic E-state index is -4.34. The van der Waals surface area contributed by atoms with E-state index in [-0.39, 0.29) is 29.1 Å². The first-order valence-corrected chi connectivity index (χ1v) is 5.60. The van der Waals surface area contributed by atoms with Crippen molar-refractivity contribution < 1.29 is 17.6 Å². The van der Waals surface area contributed by atoms with E-state index >= 15 is 0 Å². The van der Waals surface area contributed by atoms with Crippen molar-refractivity contribution in [2.75, 3.05) is 5.32 Å². The van der Waals surface area contributed by atoms with Crippen LogP contribution in [-0.4, -0.2) is 16.7 Å². The van der Waals surface area contributed by atoms with E-state index in [1.54, 1.807) is 0 Å². The second-order valence-electron chi connectivity index (χ2n) is 4.26. The summed E-state index contributed by atoms with van der Waals surface area (Å²) in [4.78, 5) is -0.129. The average Bonchev–Trinajstić information content (AvgIpc) is 2.97. The lowest BCUT2D eigenvalue weighted by Crippen LogP contribution is -2.38. The molecule has 98 valence electrons. The Morgan fingerprint density at radius 1 is 1.33 bits per heavy atom. The Labute approximate surface area is 106 Å². The molecule has 18 heavy (non-hydrogen) atoms. The molecule has 0 spiro atoms. The zero-order valence-corrected chi connectivity index (χ0v) is 9.96. The molecule has 0 radical (unpaired) electrons. The van der Waals surface area contributed by atoms with Crippen LogP contribution in [-0.2, 0) is 0 Å². The van der Waals surface area contributed by atoms with E-state index in [4.69, 9.17) is 5.73 Å². The molecule has 0 atom stereocenters. The maximum absolute atomic E-state index is 13.5. The van der Waals surface area contributed by atoms with Crippen molar-refractivity contribution in [3.63, 3.8) is 0 Å². The van der Waals surface area contributed by atoms with Crippen LogP contribution in [0.4, 0.5) is 23.2 Å². The van der Waals surface area contributed by atoms with Crippen molar-refractivity contribution in [1.29, 1.82) is 0 Å². The Morgan fingerprint density at radius 3 is 2.33 bits per heavy atom. The number of hydrogen-bond acceptors (Lipinski definition) is 2. The van der Waals surface area contributed by atoms with E-state index in [1.807, 2.05) is 0 Å². The molecule has 1 saturated carbocycles. The number of anilines is 1. The van der Waals surface area contributed by atoms with Crippen molar-refractivity contribution >= 4 is 22.9 Å². The predicted octanol–water partition coefficient (Wildman–Crippen LogP) is 2.97. The van der Waals surface area contributed by atoms with Crippen LogP contribution >= 0.6 is 12.2 Å². The molecule has 1 aromatic rings. The van der Waals surface area contributed by atoms with Gasteiger partial charge >= 0.3 is 6.18 Å². The summed E-state index contributed by atoms with van der Waals surface area (Å²) in [5, 5.41) is 2.33. The van der Waals surface area contributed by atoms with Gasteiger partial charge in [0.25, 0.3) is 0 Å². The molecule has 0 heterocycles. The van der Waals surface area contributed by atoms with Crippen molar-refractivity contribution in [2.24, 2.45) is 5.73 Å². The zero-order valence-electron chi connectivity index (χ0n) is 9.14. The molecule has 2 nitrogen and oxygen atoms in total. The molecule has 1 aliphatic rings. The number of hydrogen-bond donors (Lipinski definition) is 2. The molecule has 1 aromatic carbocycles. The fraction of sp³-hybridized carbons (Fsp3) is 0.364. The first-order chi connectivity index (χ1) is 8.25. The van der Waals surface area contributed by atoms with Gasteiger partial charge in [-0.05, 0) is 31.0 Å². The molecule has 0 bridgehead atoms. The number of rotatable bonds is 3. The van der Waals surface area contributed by atoms with Gasteiger partial charge in [-0.25, -0.2) is 4.39 Å². The maximum atomic E-state index is 13.5. The maximum Gasteiger partial charge on any atom is 0.411 e. The lowest BCUT2D eigenvalue weighted by atomic mass is 10.1. The van der Waals surface area contributed by atoms with E-state index in [0.29, 0.717) is 0 Å². The normalized spacial score (nSPS) is 17.3. The molecule has 2 rings (SSSR count).